The van der Waals surface area contributed by atoms with E-state index in [9.17, 15) is 9.59 Å². The molecule has 1 aromatic heterocycles. The number of fused-ring (bicyclic) bond motifs is 1. The maximum atomic E-state index is 14.0. The van der Waals surface area contributed by atoms with Crippen molar-refractivity contribution in [2.24, 2.45) is 4.99 Å². The van der Waals surface area contributed by atoms with Crippen LogP contribution in [0.2, 0.25) is 0 Å². The lowest BCUT2D eigenvalue weighted by Gasteiger charge is -2.25. The van der Waals surface area contributed by atoms with Crippen molar-refractivity contribution in [1.82, 2.24) is 4.57 Å². The average molecular weight is 581 g/mol. The molecule has 0 radical (unpaired) electrons. The third-order valence-corrected chi connectivity index (χ3v) is 8.63. The molecule has 1 amide bonds. The van der Waals surface area contributed by atoms with Crippen LogP contribution in [0.5, 0.6) is 5.75 Å². The van der Waals surface area contributed by atoms with E-state index in [0.717, 1.165) is 46.7 Å². The van der Waals surface area contributed by atoms with Gasteiger partial charge in [0.1, 0.15) is 5.75 Å². The molecule has 1 atom stereocenters. The van der Waals surface area contributed by atoms with Crippen molar-refractivity contribution < 1.29 is 9.53 Å². The SMILES string of the molecule is CCN(CC)c1ccc(/C=c2/sc3n(c2=O)[C@@H](c2ccc(OC)cc2)C(C(=O)Nc2ccc(C)cc2C)=C(C)N=3)cc1. The molecule has 1 aliphatic rings. The molecule has 4 aromatic rings. The zero-order chi connectivity index (χ0) is 30.0. The van der Waals surface area contributed by atoms with Gasteiger partial charge in [-0.15, -0.1) is 0 Å². The first-order chi connectivity index (χ1) is 20.2. The zero-order valence-electron chi connectivity index (χ0n) is 24.9. The predicted octanol–water partition coefficient (Wildman–Crippen LogP) is 5.35. The van der Waals surface area contributed by atoms with Gasteiger partial charge in [-0.2, -0.15) is 0 Å². The normalized spacial score (nSPS) is 14.8. The molecule has 5 rings (SSSR count). The fourth-order valence-electron chi connectivity index (χ4n) is 5.38. The van der Waals surface area contributed by atoms with Crippen LogP contribution in [-0.2, 0) is 4.79 Å². The van der Waals surface area contributed by atoms with Crippen LogP contribution < -0.4 is 29.8 Å². The number of rotatable bonds is 8. The highest BCUT2D eigenvalue weighted by molar-refractivity contribution is 7.07. The van der Waals surface area contributed by atoms with Crippen molar-refractivity contribution in [2.45, 2.75) is 40.7 Å². The Kier molecular flexibility index (Phi) is 8.45. The number of allylic oxidation sites excluding steroid dienone is 1. The van der Waals surface area contributed by atoms with E-state index >= 15 is 0 Å². The Morgan fingerprint density at radius 1 is 1.02 bits per heavy atom. The van der Waals surface area contributed by atoms with Crippen molar-refractivity contribution in [3.05, 3.63) is 120 Å². The molecule has 42 heavy (non-hydrogen) atoms. The van der Waals surface area contributed by atoms with Gasteiger partial charge in [-0.1, -0.05) is 53.3 Å². The molecule has 0 saturated carbocycles. The summed E-state index contributed by atoms with van der Waals surface area (Å²) in [5, 5.41) is 3.08. The minimum absolute atomic E-state index is 0.184. The molecular weight excluding hydrogens is 544 g/mol. The maximum absolute atomic E-state index is 14.0. The Bertz CT molecular complexity index is 1830. The van der Waals surface area contributed by atoms with E-state index in [4.69, 9.17) is 9.73 Å². The number of ether oxygens (including phenoxy) is 1. The third-order valence-electron chi connectivity index (χ3n) is 7.65. The highest BCUT2D eigenvalue weighted by atomic mass is 32.1. The molecule has 7 nitrogen and oxygen atoms in total. The fraction of sp³-hybridized carbons (Fsp3) is 0.265. The van der Waals surface area contributed by atoms with Crippen LogP contribution in [-0.4, -0.2) is 30.7 Å². The number of hydrogen-bond donors (Lipinski definition) is 1. The van der Waals surface area contributed by atoms with Crippen LogP contribution in [0.4, 0.5) is 11.4 Å². The van der Waals surface area contributed by atoms with E-state index in [0.29, 0.717) is 26.4 Å². The number of aryl methyl sites for hydroxylation is 2. The van der Waals surface area contributed by atoms with E-state index < -0.39 is 6.04 Å². The summed E-state index contributed by atoms with van der Waals surface area (Å²) in [5.74, 6) is 0.409. The van der Waals surface area contributed by atoms with Crippen molar-refractivity contribution in [3.8, 4) is 5.75 Å². The van der Waals surface area contributed by atoms with Crippen molar-refractivity contribution >= 4 is 34.7 Å². The van der Waals surface area contributed by atoms with Crippen LogP contribution in [0.25, 0.3) is 6.08 Å². The number of thiazole rings is 1. The molecule has 0 bridgehead atoms. The topological polar surface area (TPSA) is 75.9 Å². The first kappa shape index (κ1) is 29.1. The summed E-state index contributed by atoms with van der Waals surface area (Å²) in [4.78, 5) is 35.5. The quantitative estimate of drug-likeness (QED) is 0.305. The van der Waals surface area contributed by atoms with Crippen LogP contribution in [0, 0.1) is 13.8 Å². The number of methoxy groups -OCH3 is 1. The van der Waals surface area contributed by atoms with Crippen molar-refractivity contribution in [3.63, 3.8) is 0 Å². The summed E-state index contributed by atoms with van der Waals surface area (Å²) in [6, 6.07) is 21.0. The Hall–Kier alpha value is -4.43. The molecule has 3 aromatic carbocycles. The second-order valence-corrected chi connectivity index (χ2v) is 11.4. The first-order valence-corrected chi connectivity index (χ1v) is 15.0. The summed E-state index contributed by atoms with van der Waals surface area (Å²) in [7, 11) is 1.61. The molecule has 0 fully saturated rings. The largest absolute Gasteiger partial charge is 0.497 e. The van der Waals surface area contributed by atoms with Gasteiger partial charge in [0, 0.05) is 24.5 Å². The number of amides is 1. The molecular formula is C34H36N4O3S. The Morgan fingerprint density at radius 2 is 1.71 bits per heavy atom. The minimum atomic E-state index is -0.648. The predicted molar refractivity (Wildman–Crippen MR) is 171 cm³/mol. The second kappa shape index (κ2) is 12.2. The van der Waals surface area contributed by atoms with E-state index in [1.807, 2.05) is 81.4 Å². The molecule has 1 N–H and O–H groups in total. The Morgan fingerprint density at radius 3 is 2.33 bits per heavy atom. The molecule has 216 valence electrons. The maximum Gasteiger partial charge on any atom is 0.271 e. The number of carbonyl (C=O) groups is 1. The van der Waals surface area contributed by atoms with E-state index in [2.05, 4.69) is 36.2 Å². The summed E-state index contributed by atoms with van der Waals surface area (Å²) in [5.41, 5.74) is 6.51. The molecule has 1 aliphatic heterocycles. The lowest BCUT2D eigenvalue weighted by atomic mass is 9.95. The van der Waals surface area contributed by atoms with Gasteiger partial charge >= 0.3 is 0 Å². The van der Waals surface area contributed by atoms with E-state index in [-0.39, 0.29) is 11.5 Å². The van der Waals surface area contributed by atoms with Crippen molar-refractivity contribution in [2.75, 3.05) is 30.4 Å². The number of hydrogen-bond acceptors (Lipinski definition) is 6. The monoisotopic (exact) mass is 580 g/mol. The summed E-state index contributed by atoms with van der Waals surface area (Å²) in [6.07, 6.45) is 1.90. The first-order valence-electron chi connectivity index (χ1n) is 14.1. The second-order valence-electron chi connectivity index (χ2n) is 10.4. The molecule has 0 unspecified atom stereocenters. The third kappa shape index (κ3) is 5.67. The number of carbonyl (C=O) groups excluding carboxylic acids is 1. The van der Waals surface area contributed by atoms with E-state index in [1.54, 1.807) is 11.7 Å². The number of anilines is 2. The molecule has 0 saturated heterocycles. The van der Waals surface area contributed by atoms with Gasteiger partial charge in [0.15, 0.2) is 4.80 Å². The number of benzene rings is 3. The standard InChI is InChI=1S/C34H36N4O3S/c1-7-37(8-2)26-14-10-24(11-15-26)20-29-33(40)38-31(25-12-16-27(41-6)17-13-25)30(23(5)35-34(38)42-29)32(39)36-28-18-9-21(3)19-22(28)4/h9-20,31H,7-8H2,1-6H3,(H,36,39)/b29-20+/t31-/m0/s1. The Labute approximate surface area is 250 Å². The lowest BCUT2D eigenvalue weighted by Crippen LogP contribution is -2.40. The average Bonchev–Trinajstić information content (AvgIpc) is 3.29. The van der Waals surface area contributed by atoms with Crippen molar-refractivity contribution in [1.29, 1.82) is 0 Å². The number of nitrogens with one attached hydrogen (secondary N) is 1. The Balaban J connectivity index is 1.61. The van der Waals surface area contributed by atoms with Gasteiger partial charge in [0.25, 0.3) is 11.5 Å². The van der Waals surface area contributed by atoms with Crippen LogP contribution in [0.15, 0.2) is 87.8 Å². The summed E-state index contributed by atoms with van der Waals surface area (Å²) in [6.45, 7) is 11.9. The van der Waals surface area contributed by atoms with Gasteiger partial charge in [-0.05, 0) is 87.7 Å². The molecule has 2 heterocycles. The zero-order valence-corrected chi connectivity index (χ0v) is 25.7. The summed E-state index contributed by atoms with van der Waals surface area (Å²) < 4.78 is 7.58. The van der Waals surface area contributed by atoms with Gasteiger partial charge < -0.3 is 15.0 Å². The molecule has 0 aliphatic carbocycles. The van der Waals surface area contributed by atoms with Gasteiger partial charge in [-0.3, -0.25) is 14.2 Å². The molecule has 8 heteroatoms. The van der Waals surface area contributed by atoms with Crippen LogP contribution >= 0.6 is 11.3 Å². The van der Waals surface area contributed by atoms with Gasteiger partial charge in [-0.25, -0.2) is 4.99 Å². The fourth-order valence-corrected chi connectivity index (χ4v) is 6.43. The minimum Gasteiger partial charge on any atom is -0.497 e. The smallest absolute Gasteiger partial charge is 0.271 e. The highest BCUT2D eigenvalue weighted by Gasteiger charge is 2.32. The van der Waals surface area contributed by atoms with E-state index in [1.165, 1.54) is 11.3 Å². The number of aromatic nitrogens is 1. The van der Waals surface area contributed by atoms with Crippen LogP contribution in [0.3, 0.4) is 0 Å². The summed E-state index contributed by atoms with van der Waals surface area (Å²) >= 11 is 1.34. The van der Waals surface area contributed by atoms with Crippen LogP contribution in [0.1, 0.15) is 49.1 Å². The van der Waals surface area contributed by atoms with Gasteiger partial charge in [0.05, 0.1) is 29.0 Å². The van der Waals surface area contributed by atoms with Gasteiger partial charge in [0.2, 0.25) is 0 Å². The molecule has 0 spiro atoms. The number of nitrogens with zero attached hydrogens (tertiary/aromatic N) is 3. The highest BCUT2D eigenvalue weighted by Crippen LogP contribution is 2.32. The lowest BCUT2D eigenvalue weighted by molar-refractivity contribution is -0.113.